The van der Waals surface area contributed by atoms with E-state index in [0.29, 0.717) is 5.92 Å². The molecule has 50 valence electrons. The van der Waals surface area contributed by atoms with Gasteiger partial charge in [0, 0.05) is 0 Å². The smallest absolute Gasteiger partial charge is 0.0581 e. The van der Waals surface area contributed by atoms with Gasteiger partial charge in [0.15, 0.2) is 0 Å². The fraction of sp³-hybridized carbons (Fsp3) is 0.500. The summed E-state index contributed by atoms with van der Waals surface area (Å²) in [6, 6.07) is 0. The van der Waals surface area contributed by atoms with Gasteiger partial charge in [0.1, 0.15) is 0 Å². The van der Waals surface area contributed by atoms with E-state index in [2.05, 4.69) is 19.9 Å². The molecule has 0 N–H and O–H groups in total. The minimum absolute atomic E-state index is 0.204. The van der Waals surface area contributed by atoms with Gasteiger partial charge in [0.25, 0.3) is 0 Å². The van der Waals surface area contributed by atoms with Gasteiger partial charge in [0.2, 0.25) is 0 Å². The molecule has 0 spiro atoms. The van der Waals surface area contributed by atoms with Gasteiger partial charge in [-0.1, -0.05) is 30.7 Å². The SMILES string of the molecule is CC1=CC=CC(Cl)C1C. The lowest BCUT2D eigenvalue weighted by molar-refractivity contribution is 0.694. The number of allylic oxidation sites excluding steroid dienone is 4. The van der Waals surface area contributed by atoms with Gasteiger partial charge in [-0.25, -0.2) is 0 Å². The zero-order chi connectivity index (χ0) is 6.85. The van der Waals surface area contributed by atoms with Crippen LogP contribution in [0.5, 0.6) is 0 Å². The van der Waals surface area contributed by atoms with Crippen molar-refractivity contribution in [3.8, 4) is 0 Å². The Morgan fingerprint density at radius 2 is 2.22 bits per heavy atom. The Morgan fingerprint density at radius 3 is 2.67 bits per heavy atom. The van der Waals surface area contributed by atoms with Crippen LogP contribution < -0.4 is 0 Å². The summed E-state index contributed by atoms with van der Waals surface area (Å²) in [5.41, 5.74) is 1.37. The van der Waals surface area contributed by atoms with Gasteiger partial charge < -0.3 is 0 Å². The standard InChI is InChI=1S/C8H11Cl/c1-6-4-3-5-8(9)7(6)2/h3-5,7-8H,1-2H3. The summed E-state index contributed by atoms with van der Waals surface area (Å²) in [5.74, 6) is 0.511. The molecule has 0 aromatic rings. The van der Waals surface area contributed by atoms with Crippen LogP contribution in [0.3, 0.4) is 0 Å². The van der Waals surface area contributed by atoms with Crippen LogP contribution in [-0.4, -0.2) is 5.38 Å². The highest BCUT2D eigenvalue weighted by Gasteiger charge is 2.14. The van der Waals surface area contributed by atoms with E-state index in [0.717, 1.165) is 0 Å². The molecule has 1 rings (SSSR count). The Balaban J connectivity index is 2.73. The maximum absolute atomic E-state index is 5.93. The van der Waals surface area contributed by atoms with Crippen molar-refractivity contribution in [3.05, 3.63) is 23.8 Å². The number of hydrogen-bond acceptors (Lipinski definition) is 0. The van der Waals surface area contributed by atoms with E-state index in [1.165, 1.54) is 5.57 Å². The van der Waals surface area contributed by atoms with Crippen molar-refractivity contribution in [3.63, 3.8) is 0 Å². The van der Waals surface area contributed by atoms with Crippen molar-refractivity contribution < 1.29 is 0 Å². The van der Waals surface area contributed by atoms with Crippen molar-refractivity contribution in [1.82, 2.24) is 0 Å². The first-order valence-corrected chi connectivity index (χ1v) is 3.64. The van der Waals surface area contributed by atoms with E-state index in [4.69, 9.17) is 11.6 Å². The molecular formula is C8H11Cl. The molecule has 1 heteroatoms. The number of hydrogen-bond donors (Lipinski definition) is 0. The molecule has 0 amide bonds. The highest BCUT2D eigenvalue weighted by Crippen LogP contribution is 2.23. The van der Waals surface area contributed by atoms with Gasteiger partial charge in [-0.3, -0.25) is 0 Å². The molecular weight excluding hydrogens is 132 g/mol. The fourth-order valence-electron chi connectivity index (χ4n) is 0.883. The molecule has 0 radical (unpaired) electrons. The number of halogens is 1. The molecule has 1 aliphatic rings. The average Bonchev–Trinajstić information content (AvgIpc) is 1.83. The molecule has 0 saturated carbocycles. The van der Waals surface area contributed by atoms with Crippen LogP contribution in [0.1, 0.15) is 13.8 Å². The summed E-state index contributed by atoms with van der Waals surface area (Å²) < 4.78 is 0. The molecule has 0 saturated heterocycles. The van der Waals surface area contributed by atoms with Crippen LogP contribution in [0, 0.1) is 5.92 Å². The summed E-state index contributed by atoms with van der Waals surface area (Å²) in [4.78, 5) is 0. The van der Waals surface area contributed by atoms with Crippen LogP contribution >= 0.6 is 11.6 Å². The maximum Gasteiger partial charge on any atom is 0.0581 e. The summed E-state index contributed by atoms with van der Waals surface area (Å²) >= 11 is 5.93. The lowest BCUT2D eigenvalue weighted by atomic mass is 9.94. The minimum atomic E-state index is 0.204. The molecule has 0 fully saturated rings. The lowest BCUT2D eigenvalue weighted by Gasteiger charge is -2.18. The summed E-state index contributed by atoms with van der Waals surface area (Å²) in [7, 11) is 0. The van der Waals surface area contributed by atoms with Gasteiger partial charge >= 0.3 is 0 Å². The second kappa shape index (κ2) is 2.57. The highest BCUT2D eigenvalue weighted by atomic mass is 35.5. The highest BCUT2D eigenvalue weighted by molar-refractivity contribution is 6.22. The summed E-state index contributed by atoms with van der Waals surface area (Å²) in [6.45, 7) is 4.26. The number of rotatable bonds is 0. The Hall–Kier alpha value is -0.230. The lowest BCUT2D eigenvalue weighted by Crippen LogP contribution is -2.11. The quantitative estimate of drug-likeness (QED) is 0.457. The van der Waals surface area contributed by atoms with E-state index >= 15 is 0 Å². The monoisotopic (exact) mass is 142 g/mol. The van der Waals surface area contributed by atoms with Gasteiger partial charge in [-0.05, 0) is 12.8 Å². The molecule has 0 nitrogen and oxygen atoms in total. The van der Waals surface area contributed by atoms with Crippen LogP contribution in [-0.2, 0) is 0 Å². The first-order chi connectivity index (χ1) is 4.22. The normalized spacial score (nSPS) is 34.3. The molecule has 0 aromatic heterocycles. The maximum atomic E-state index is 5.93. The molecule has 0 aromatic carbocycles. The molecule has 2 atom stereocenters. The van der Waals surface area contributed by atoms with E-state index in [9.17, 15) is 0 Å². The van der Waals surface area contributed by atoms with Crippen LogP contribution in [0.4, 0.5) is 0 Å². The third kappa shape index (κ3) is 1.36. The second-order valence-corrected chi connectivity index (χ2v) is 3.03. The molecule has 1 aliphatic carbocycles. The summed E-state index contributed by atoms with van der Waals surface area (Å²) in [5, 5.41) is 0.204. The van der Waals surface area contributed by atoms with Crippen LogP contribution in [0.2, 0.25) is 0 Å². The fourth-order valence-corrected chi connectivity index (χ4v) is 1.17. The third-order valence-electron chi connectivity index (χ3n) is 1.85. The second-order valence-electron chi connectivity index (χ2n) is 2.53. The molecule has 2 unspecified atom stereocenters. The Bertz CT molecular complexity index is 156. The zero-order valence-corrected chi connectivity index (χ0v) is 6.52. The Labute approximate surface area is 61.2 Å². The first kappa shape index (κ1) is 6.88. The van der Waals surface area contributed by atoms with Gasteiger partial charge in [-0.15, -0.1) is 11.6 Å². The third-order valence-corrected chi connectivity index (χ3v) is 2.37. The topological polar surface area (TPSA) is 0 Å². The predicted molar refractivity (Wildman–Crippen MR) is 41.7 cm³/mol. The van der Waals surface area contributed by atoms with Crippen LogP contribution in [0.25, 0.3) is 0 Å². The van der Waals surface area contributed by atoms with Crippen molar-refractivity contribution in [2.75, 3.05) is 0 Å². The van der Waals surface area contributed by atoms with E-state index < -0.39 is 0 Å². The van der Waals surface area contributed by atoms with E-state index in [1.54, 1.807) is 0 Å². The van der Waals surface area contributed by atoms with Crippen LogP contribution in [0.15, 0.2) is 23.8 Å². The number of alkyl halides is 1. The zero-order valence-electron chi connectivity index (χ0n) is 5.76. The Kier molecular flexibility index (Phi) is 1.97. The van der Waals surface area contributed by atoms with Gasteiger partial charge in [-0.2, -0.15) is 0 Å². The summed E-state index contributed by atoms with van der Waals surface area (Å²) in [6.07, 6.45) is 6.16. The van der Waals surface area contributed by atoms with Crippen molar-refractivity contribution >= 4 is 11.6 Å². The van der Waals surface area contributed by atoms with Crippen molar-refractivity contribution in [1.29, 1.82) is 0 Å². The molecule has 0 aliphatic heterocycles. The first-order valence-electron chi connectivity index (χ1n) is 3.21. The van der Waals surface area contributed by atoms with E-state index in [1.807, 2.05) is 12.2 Å². The molecule has 0 heterocycles. The predicted octanol–water partition coefficient (Wildman–Crippen LogP) is 2.75. The van der Waals surface area contributed by atoms with Crippen molar-refractivity contribution in [2.24, 2.45) is 5.92 Å². The average molecular weight is 143 g/mol. The minimum Gasteiger partial charge on any atom is -0.118 e. The van der Waals surface area contributed by atoms with Crippen molar-refractivity contribution in [2.45, 2.75) is 19.2 Å². The van der Waals surface area contributed by atoms with Gasteiger partial charge in [0.05, 0.1) is 5.38 Å². The largest absolute Gasteiger partial charge is 0.118 e. The Morgan fingerprint density at radius 1 is 1.56 bits per heavy atom. The molecule has 9 heavy (non-hydrogen) atoms. The van der Waals surface area contributed by atoms with E-state index in [-0.39, 0.29) is 5.38 Å². The molecule has 0 bridgehead atoms.